The number of hydrogen-bond acceptors (Lipinski definition) is 5. The normalized spacial score (nSPS) is 9.88. The minimum absolute atomic E-state index is 0.0445. The van der Waals surface area contributed by atoms with Crippen molar-refractivity contribution in [2.75, 3.05) is 23.7 Å². The molecule has 1 heterocycles. The molecule has 1 amide bonds. The Hall–Kier alpha value is -1.37. The van der Waals surface area contributed by atoms with E-state index in [0.29, 0.717) is 16.2 Å². The highest BCUT2D eigenvalue weighted by Crippen LogP contribution is 2.19. The number of hydrogen-bond donors (Lipinski definition) is 3. The summed E-state index contributed by atoms with van der Waals surface area (Å²) in [6, 6.07) is 0. The monoisotopic (exact) mass is 287 g/mol. The van der Waals surface area contributed by atoms with Gasteiger partial charge in [0, 0.05) is 12.7 Å². The van der Waals surface area contributed by atoms with Gasteiger partial charge in [0.1, 0.15) is 5.82 Å². The van der Waals surface area contributed by atoms with Crippen LogP contribution in [0.5, 0.6) is 0 Å². The van der Waals surface area contributed by atoms with E-state index in [4.69, 9.17) is 5.73 Å². The highest BCUT2D eigenvalue weighted by atomic mass is 79.9. The molecule has 0 radical (unpaired) electrons. The van der Waals surface area contributed by atoms with Crippen molar-refractivity contribution in [1.29, 1.82) is 0 Å². The number of carbonyl (C=O) groups is 1. The molecule has 1 rings (SSSR count). The molecule has 0 aromatic carbocycles. The maximum atomic E-state index is 10.6. The maximum absolute atomic E-state index is 10.6. The average molecular weight is 288 g/mol. The zero-order chi connectivity index (χ0) is 12.0. The Morgan fingerprint density at radius 1 is 1.56 bits per heavy atom. The molecule has 1 aromatic rings. The van der Waals surface area contributed by atoms with Crippen LogP contribution in [0.15, 0.2) is 10.7 Å². The third kappa shape index (κ3) is 4.01. The number of amides is 1. The third-order valence-electron chi connectivity index (χ3n) is 1.71. The highest BCUT2D eigenvalue weighted by Gasteiger charge is 2.05. The van der Waals surface area contributed by atoms with E-state index in [9.17, 15) is 4.79 Å². The van der Waals surface area contributed by atoms with Crippen molar-refractivity contribution in [2.45, 2.75) is 13.3 Å². The van der Waals surface area contributed by atoms with Gasteiger partial charge in [-0.3, -0.25) is 4.79 Å². The first kappa shape index (κ1) is 12.7. The molecule has 0 bridgehead atoms. The Kier molecular flexibility index (Phi) is 4.97. The van der Waals surface area contributed by atoms with Crippen molar-refractivity contribution in [3.63, 3.8) is 0 Å². The first-order valence-corrected chi connectivity index (χ1v) is 5.71. The molecule has 0 saturated heterocycles. The quantitative estimate of drug-likeness (QED) is 0.725. The number of halogens is 1. The van der Waals surface area contributed by atoms with Gasteiger partial charge in [0.15, 0.2) is 0 Å². The molecule has 0 fully saturated rings. The van der Waals surface area contributed by atoms with Crippen LogP contribution in [-0.2, 0) is 4.79 Å². The summed E-state index contributed by atoms with van der Waals surface area (Å²) in [5.41, 5.74) is 5.03. The molecule has 0 aliphatic carbocycles. The summed E-state index contributed by atoms with van der Waals surface area (Å²) in [6.45, 7) is 2.90. The number of nitrogens with two attached hydrogens (primary N) is 1. The number of carbonyl (C=O) groups excluding carboxylic acids is 1. The highest BCUT2D eigenvalue weighted by molar-refractivity contribution is 9.10. The van der Waals surface area contributed by atoms with Gasteiger partial charge in [0.25, 0.3) is 0 Å². The summed E-state index contributed by atoms with van der Waals surface area (Å²) in [4.78, 5) is 18.9. The molecule has 0 spiro atoms. The Bertz CT molecular complexity index is 371. The molecule has 6 nitrogen and oxygen atoms in total. The number of anilines is 2. The molecule has 1 aromatic heterocycles. The predicted octanol–water partition coefficient (Wildman–Crippen LogP) is 0.958. The maximum Gasteiger partial charge on any atom is 0.236 e. The number of primary amides is 1. The summed E-state index contributed by atoms with van der Waals surface area (Å²) < 4.78 is 0.691. The summed E-state index contributed by atoms with van der Waals surface area (Å²) in [5.74, 6) is 0.637. The van der Waals surface area contributed by atoms with E-state index in [0.717, 1.165) is 13.0 Å². The fourth-order valence-corrected chi connectivity index (χ4v) is 1.32. The molecule has 0 aliphatic heterocycles. The molecule has 0 atom stereocenters. The van der Waals surface area contributed by atoms with Crippen molar-refractivity contribution in [2.24, 2.45) is 5.73 Å². The van der Waals surface area contributed by atoms with Gasteiger partial charge in [-0.1, -0.05) is 6.92 Å². The van der Waals surface area contributed by atoms with Gasteiger partial charge in [0.05, 0.1) is 11.0 Å². The van der Waals surface area contributed by atoms with E-state index in [1.165, 1.54) is 0 Å². The molecule has 88 valence electrons. The zero-order valence-electron chi connectivity index (χ0n) is 8.96. The second kappa shape index (κ2) is 6.26. The minimum atomic E-state index is -0.437. The van der Waals surface area contributed by atoms with Crippen molar-refractivity contribution < 1.29 is 4.79 Å². The number of nitrogens with one attached hydrogen (secondary N) is 2. The van der Waals surface area contributed by atoms with Crippen molar-refractivity contribution in [3.05, 3.63) is 10.7 Å². The summed E-state index contributed by atoms with van der Waals surface area (Å²) >= 11 is 3.28. The summed E-state index contributed by atoms with van der Waals surface area (Å²) in [6.07, 6.45) is 2.61. The summed E-state index contributed by atoms with van der Waals surface area (Å²) in [5, 5.41) is 5.87. The lowest BCUT2D eigenvalue weighted by Gasteiger charge is -2.08. The second-order valence-electron chi connectivity index (χ2n) is 3.14. The molecule has 7 heteroatoms. The predicted molar refractivity (Wildman–Crippen MR) is 66.2 cm³/mol. The molecule has 4 N–H and O–H groups in total. The van der Waals surface area contributed by atoms with E-state index in [2.05, 4.69) is 43.5 Å². The molecule has 0 saturated carbocycles. The van der Waals surface area contributed by atoms with E-state index >= 15 is 0 Å². The zero-order valence-corrected chi connectivity index (χ0v) is 10.5. The number of rotatable bonds is 6. The first-order chi connectivity index (χ1) is 7.63. The molecule has 0 unspecified atom stereocenters. The Balaban J connectivity index is 2.69. The fourth-order valence-electron chi connectivity index (χ4n) is 0.984. The lowest BCUT2D eigenvalue weighted by Crippen LogP contribution is -2.22. The number of aromatic nitrogens is 2. The van der Waals surface area contributed by atoms with Crippen molar-refractivity contribution >= 4 is 33.6 Å². The van der Waals surface area contributed by atoms with Gasteiger partial charge >= 0.3 is 0 Å². The fraction of sp³-hybridized carbons (Fsp3) is 0.444. The Morgan fingerprint density at radius 2 is 2.31 bits per heavy atom. The van der Waals surface area contributed by atoms with E-state index in [-0.39, 0.29) is 6.54 Å². The van der Waals surface area contributed by atoms with Gasteiger partial charge < -0.3 is 16.4 Å². The van der Waals surface area contributed by atoms with Gasteiger partial charge in [0.2, 0.25) is 11.9 Å². The summed E-state index contributed by atoms with van der Waals surface area (Å²) in [7, 11) is 0. The van der Waals surface area contributed by atoms with Crippen LogP contribution in [0.2, 0.25) is 0 Å². The molecule has 0 aliphatic rings. The smallest absolute Gasteiger partial charge is 0.236 e. The van der Waals surface area contributed by atoms with Gasteiger partial charge in [-0.15, -0.1) is 0 Å². The minimum Gasteiger partial charge on any atom is -0.368 e. The Labute approximate surface area is 102 Å². The first-order valence-electron chi connectivity index (χ1n) is 4.92. The average Bonchev–Trinajstić information content (AvgIpc) is 2.26. The molecule has 16 heavy (non-hydrogen) atoms. The SMILES string of the molecule is CCCNc1ncc(Br)c(NCC(N)=O)n1. The molecular weight excluding hydrogens is 274 g/mol. The van der Waals surface area contributed by atoms with E-state index in [1.807, 2.05) is 0 Å². The standard InChI is InChI=1S/C9H14BrN5O/c1-2-3-12-9-14-4-6(10)8(15-9)13-5-7(11)16/h4H,2-3,5H2,1H3,(H2,11,16)(H2,12,13,14,15). The van der Waals surface area contributed by atoms with Crippen molar-refractivity contribution in [1.82, 2.24) is 9.97 Å². The van der Waals surface area contributed by atoms with E-state index < -0.39 is 5.91 Å². The largest absolute Gasteiger partial charge is 0.368 e. The van der Waals surface area contributed by atoms with Gasteiger partial charge in [-0.25, -0.2) is 4.98 Å². The number of nitrogens with zero attached hydrogens (tertiary/aromatic N) is 2. The lowest BCUT2D eigenvalue weighted by atomic mass is 10.5. The van der Waals surface area contributed by atoms with Crippen LogP contribution in [0.1, 0.15) is 13.3 Å². The molecular formula is C9H14BrN5O. The van der Waals surface area contributed by atoms with Crippen LogP contribution in [-0.4, -0.2) is 29.0 Å². The van der Waals surface area contributed by atoms with Crippen LogP contribution in [0.25, 0.3) is 0 Å². The van der Waals surface area contributed by atoms with Crippen LogP contribution >= 0.6 is 15.9 Å². The van der Waals surface area contributed by atoms with Crippen LogP contribution in [0.3, 0.4) is 0 Å². The van der Waals surface area contributed by atoms with Crippen LogP contribution < -0.4 is 16.4 Å². The van der Waals surface area contributed by atoms with Gasteiger partial charge in [-0.2, -0.15) is 4.98 Å². The van der Waals surface area contributed by atoms with Crippen molar-refractivity contribution in [3.8, 4) is 0 Å². The lowest BCUT2D eigenvalue weighted by molar-refractivity contribution is -0.116. The van der Waals surface area contributed by atoms with Crippen LogP contribution in [0, 0.1) is 0 Å². The second-order valence-corrected chi connectivity index (χ2v) is 3.99. The van der Waals surface area contributed by atoms with Gasteiger partial charge in [-0.05, 0) is 22.4 Å². The van der Waals surface area contributed by atoms with Crippen LogP contribution in [0.4, 0.5) is 11.8 Å². The third-order valence-corrected chi connectivity index (χ3v) is 2.29. The van der Waals surface area contributed by atoms with E-state index in [1.54, 1.807) is 6.20 Å². The Morgan fingerprint density at radius 3 is 2.94 bits per heavy atom. The topological polar surface area (TPSA) is 92.9 Å².